The fourth-order valence-electron chi connectivity index (χ4n) is 2.97. The number of hydrogen-bond donors (Lipinski definition) is 1. The van der Waals surface area contributed by atoms with Crippen LogP contribution in [0.4, 0.5) is 5.69 Å². The molecule has 0 aliphatic carbocycles. The Balaban J connectivity index is 2.16. The third-order valence-electron chi connectivity index (χ3n) is 5.05. The molecule has 1 amide bonds. The Morgan fingerprint density at radius 1 is 1.07 bits per heavy atom. The van der Waals surface area contributed by atoms with Gasteiger partial charge in [0.2, 0.25) is 10.0 Å². The summed E-state index contributed by atoms with van der Waals surface area (Å²) in [7, 11) is -3.64. The van der Waals surface area contributed by atoms with Crippen molar-refractivity contribution in [2.75, 3.05) is 17.1 Å². The smallest absolute Gasteiger partial charge is 0.260 e. The average Bonchev–Trinajstić information content (AvgIpc) is 2.65. The number of benzene rings is 2. The van der Waals surface area contributed by atoms with Crippen molar-refractivity contribution < 1.29 is 13.2 Å². The topological polar surface area (TPSA) is 78.8 Å². The van der Waals surface area contributed by atoms with Crippen LogP contribution >= 0.6 is 0 Å². The molecule has 0 heterocycles. The Morgan fingerprint density at radius 3 is 2.20 bits per heavy atom. The molecule has 0 saturated carbocycles. The van der Waals surface area contributed by atoms with Gasteiger partial charge < -0.3 is 0 Å². The zero-order valence-electron chi connectivity index (χ0n) is 18.8. The van der Waals surface area contributed by atoms with E-state index < -0.39 is 15.9 Å². The predicted octanol–water partition coefficient (Wildman–Crippen LogP) is 3.91. The van der Waals surface area contributed by atoms with Crippen molar-refractivity contribution in [3.63, 3.8) is 0 Å². The van der Waals surface area contributed by atoms with Crippen LogP contribution < -0.4 is 9.73 Å². The van der Waals surface area contributed by atoms with Crippen LogP contribution in [0, 0.1) is 13.8 Å². The van der Waals surface area contributed by atoms with Gasteiger partial charge in [-0.2, -0.15) is 5.10 Å². The second kappa shape index (κ2) is 9.00. The van der Waals surface area contributed by atoms with Gasteiger partial charge in [0, 0.05) is 0 Å². The number of rotatable bonds is 6. The van der Waals surface area contributed by atoms with Crippen molar-refractivity contribution in [2.24, 2.45) is 5.10 Å². The van der Waals surface area contributed by atoms with Crippen molar-refractivity contribution in [1.82, 2.24) is 5.43 Å². The minimum Gasteiger partial charge on any atom is -0.271 e. The first-order valence-electron chi connectivity index (χ1n) is 9.78. The lowest BCUT2D eigenvalue weighted by atomic mass is 9.86. The van der Waals surface area contributed by atoms with E-state index in [0.29, 0.717) is 11.4 Å². The summed E-state index contributed by atoms with van der Waals surface area (Å²) in [6, 6.07) is 13.4. The van der Waals surface area contributed by atoms with Crippen molar-refractivity contribution in [2.45, 2.75) is 47.0 Å². The van der Waals surface area contributed by atoms with E-state index in [1.54, 1.807) is 19.1 Å². The lowest BCUT2D eigenvalue weighted by Crippen LogP contribution is -2.39. The van der Waals surface area contributed by atoms with Crippen LogP contribution in [0.2, 0.25) is 0 Å². The summed E-state index contributed by atoms with van der Waals surface area (Å²) in [4.78, 5) is 12.5. The van der Waals surface area contributed by atoms with Gasteiger partial charge in [-0.15, -0.1) is 0 Å². The predicted molar refractivity (Wildman–Crippen MR) is 124 cm³/mol. The summed E-state index contributed by atoms with van der Waals surface area (Å²) in [6.45, 7) is 11.6. The van der Waals surface area contributed by atoms with Gasteiger partial charge in [0.05, 0.1) is 17.7 Å². The highest BCUT2D eigenvalue weighted by molar-refractivity contribution is 7.92. The third kappa shape index (κ3) is 5.92. The van der Waals surface area contributed by atoms with Crippen molar-refractivity contribution >= 4 is 27.3 Å². The molecular formula is C23H31N3O3S. The SMILES string of the molecule is C/C(=N/NC(=O)CN(c1cccc(C)c1C)S(C)(=O)=O)c1ccc(C(C)(C)C)cc1. The zero-order chi connectivity index (χ0) is 22.7. The average molecular weight is 430 g/mol. The van der Waals surface area contributed by atoms with Crippen LogP contribution in [0.5, 0.6) is 0 Å². The molecule has 0 radical (unpaired) electrons. The van der Waals surface area contributed by atoms with E-state index in [9.17, 15) is 13.2 Å². The molecule has 0 unspecified atom stereocenters. The minimum absolute atomic E-state index is 0.0564. The summed E-state index contributed by atoms with van der Waals surface area (Å²) in [5.74, 6) is -0.507. The molecule has 0 bridgehead atoms. The first kappa shape index (κ1) is 23.6. The number of nitrogens with zero attached hydrogens (tertiary/aromatic N) is 2. The van der Waals surface area contributed by atoms with Gasteiger partial charge in [0.1, 0.15) is 6.54 Å². The lowest BCUT2D eigenvalue weighted by molar-refractivity contribution is -0.119. The standard InChI is InChI=1S/C23H31N3O3S/c1-16-9-8-10-21(17(16)2)26(30(7,28)29)15-22(27)25-24-18(3)19-11-13-20(14-12-19)23(4,5)6/h8-14H,15H2,1-7H3,(H,25,27)/b24-18-. The van der Waals surface area contributed by atoms with Crippen LogP contribution in [0.25, 0.3) is 0 Å². The number of hydrogen-bond acceptors (Lipinski definition) is 4. The molecule has 2 rings (SSSR count). The number of amides is 1. The first-order valence-corrected chi connectivity index (χ1v) is 11.6. The summed E-state index contributed by atoms with van der Waals surface area (Å²) in [6.07, 6.45) is 1.09. The van der Waals surface area contributed by atoms with E-state index in [1.807, 2.05) is 44.2 Å². The molecule has 0 aliphatic rings. The normalized spacial score (nSPS) is 12.6. The van der Waals surface area contributed by atoms with Gasteiger partial charge in [-0.1, -0.05) is 57.2 Å². The van der Waals surface area contributed by atoms with E-state index in [1.165, 1.54) is 5.56 Å². The van der Waals surface area contributed by atoms with E-state index in [4.69, 9.17) is 0 Å². The maximum Gasteiger partial charge on any atom is 0.260 e. The Hall–Kier alpha value is -2.67. The summed E-state index contributed by atoms with van der Waals surface area (Å²) in [5, 5.41) is 4.15. The second-order valence-electron chi connectivity index (χ2n) is 8.55. The zero-order valence-corrected chi connectivity index (χ0v) is 19.6. The molecule has 1 N–H and O–H groups in total. The molecule has 6 nitrogen and oxygen atoms in total. The van der Waals surface area contributed by atoms with Crippen molar-refractivity contribution in [3.8, 4) is 0 Å². The molecule has 0 fully saturated rings. The molecule has 30 heavy (non-hydrogen) atoms. The van der Waals surface area contributed by atoms with Crippen LogP contribution in [0.1, 0.15) is 49.9 Å². The van der Waals surface area contributed by atoms with E-state index in [2.05, 4.69) is 31.3 Å². The fourth-order valence-corrected chi connectivity index (χ4v) is 3.88. The number of sulfonamides is 1. The number of hydrazone groups is 1. The molecule has 2 aromatic rings. The van der Waals surface area contributed by atoms with Gasteiger partial charge in [0.15, 0.2) is 0 Å². The van der Waals surface area contributed by atoms with Crippen LogP contribution in [0.3, 0.4) is 0 Å². The number of aryl methyl sites for hydroxylation is 1. The monoisotopic (exact) mass is 429 g/mol. The molecule has 0 aliphatic heterocycles. The summed E-state index contributed by atoms with van der Waals surface area (Å²) in [5.41, 5.74) is 7.53. The number of carbonyl (C=O) groups excluding carboxylic acids is 1. The van der Waals surface area contributed by atoms with Crippen LogP contribution in [-0.2, 0) is 20.2 Å². The van der Waals surface area contributed by atoms with Crippen LogP contribution in [-0.4, -0.2) is 32.8 Å². The fraction of sp³-hybridized carbons (Fsp3) is 0.391. The first-order chi connectivity index (χ1) is 13.8. The Morgan fingerprint density at radius 2 is 1.67 bits per heavy atom. The molecule has 0 saturated heterocycles. The molecule has 0 spiro atoms. The molecular weight excluding hydrogens is 398 g/mol. The summed E-state index contributed by atoms with van der Waals surface area (Å²) >= 11 is 0. The molecule has 0 atom stereocenters. The van der Waals surface area contributed by atoms with Crippen molar-refractivity contribution in [1.29, 1.82) is 0 Å². The largest absolute Gasteiger partial charge is 0.271 e. The Kier molecular flexibility index (Phi) is 7.08. The van der Waals surface area contributed by atoms with Gasteiger partial charge in [-0.3, -0.25) is 9.10 Å². The van der Waals surface area contributed by atoms with Crippen LogP contribution in [0.15, 0.2) is 47.6 Å². The molecule has 7 heteroatoms. The van der Waals surface area contributed by atoms with Gasteiger partial charge >= 0.3 is 0 Å². The maximum absolute atomic E-state index is 12.5. The molecule has 0 aromatic heterocycles. The van der Waals surface area contributed by atoms with Gasteiger partial charge in [0.25, 0.3) is 5.91 Å². The highest BCUT2D eigenvalue weighted by Crippen LogP contribution is 2.25. The second-order valence-corrected chi connectivity index (χ2v) is 10.5. The minimum atomic E-state index is -3.64. The maximum atomic E-state index is 12.5. The highest BCUT2D eigenvalue weighted by atomic mass is 32.2. The number of nitrogens with one attached hydrogen (secondary N) is 1. The van der Waals surface area contributed by atoms with E-state index in [-0.39, 0.29) is 12.0 Å². The van der Waals surface area contributed by atoms with Crippen molar-refractivity contribution in [3.05, 3.63) is 64.7 Å². The highest BCUT2D eigenvalue weighted by Gasteiger charge is 2.22. The molecule has 162 valence electrons. The number of carbonyl (C=O) groups is 1. The van der Waals surface area contributed by atoms with E-state index in [0.717, 1.165) is 27.3 Å². The quantitative estimate of drug-likeness (QED) is 0.559. The van der Waals surface area contributed by atoms with E-state index >= 15 is 0 Å². The summed E-state index contributed by atoms with van der Waals surface area (Å²) < 4.78 is 25.7. The number of anilines is 1. The Bertz CT molecular complexity index is 1050. The third-order valence-corrected chi connectivity index (χ3v) is 6.18. The Labute approximate surface area is 180 Å². The van der Waals surface area contributed by atoms with Gasteiger partial charge in [-0.05, 0) is 54.5 Å². The lowest BCUT2D eigenvalue weighted by Gasteiger charge is -2.24. The van der Waals surface area contributed by atoms with Gasteiger partial charge in [-0.25, -0.2) is 13.8 Å². The molecule has 2 aromatic carbocycles.